The van der Waals surface area contributed by atoms with Crippen molar-refractivity contribution in [1.82, 2.24) is 4.90 Å². The Morgan fingerprint density at radius 3 is 2.70 bits per heavy atom. The van der Waals surface area contributed by atoms with Gasteiger partial charge in [0.25, 0.3) is 0 Å². The molecule has 7 heteroatoms. The summed E-state index contributed by atoms with van der Waals surface area (Å²) in [6, 6.07) is 6.33. The van der Waals surface area contributed by atoms with E-state index in [0.717, 1.165) is 55.8 Å². The van der Waals surface area contributed by atoms with Gasteiger partial charge in [-0.05, 0) is 43.4 Å². The van der Waals surface area contributed by atoms with Gasteiger partial charge >= 0.3 is 5.97 Å². The molecule has 0 aromatic heterocycles. The van der Waals surface area contributed by atoms with Crippen molar-refractivity contribution in [2.75, 3.05) is 33.9 Å². The summed E-state index contributed by atoms with van der Waals surface area (Å²) in [5.74, 6) is 1.04. The molecule has 0 bridgehead atoms. The number of hydrogen-bond donors (Lipinski definition) is 0. The summed E-state index contributed by atoms with van der Waals surface area (Å²) in [6.45, 7) is 2.28. The number of hydrogen-bond acceptors (Lipinski definition) is 7. The number of ether oxygens (including phenoxy) is 4. The van der Waals surface area contributed by atoms with E-state index in [1.54, 1.807) is 14.2 Å². The summed E-state index contributed by atoms with van der Waals surface area (Å²) in [7, 11) is 3.28. The number of nitrogens with zero attached hydrogens (tertiary/aromatic N) is 1. The Bertz CT molecular complexity index is 709. The Morgan fingerprint density at radius 2 is 1.93 bits per heavy atom. The van der Waals surface area contributed by atoms with Crippen molar-refractivity contribution in [3.63, 3.8) is 0 Å². The first-order chi connectivity index (χ1) is 14.6. The first-order valence-corrected chi connectivity index (χ1v) is 10.8. The third kappa shape index (κ3) is 5.95. The lowest BCUT2D eigenvalue weighted by molar-refractivity contribution is -0.149. The number of aldehydes is 1. The molecule has 0 amide bonds. The van der Waals surface area contributed by atoms with Crippen LogP contribution in [0.15, 0.2) is 18.2 Å². The smallest absolute Gasteiger partial charge is 0.313 e. The average Bonchev–Trinajstić information content (AvgIpc) is 3.22. The van der Waals surface area contributed by atoms with Crippen molar-refractivity contribution in [3.05, 3.63) is 23.8 Å². The average molecular weight is 420 g/mol. The van der Waals surface area contributed by atoms with Crippen LogP contribution in [0.1, 0.15) is 44.1 Å². The Kier molecular flexibility index (Phi) is 8.51. The van der Waals surface area contributed by atoms with Crippen molar-refractivity contribution >= 4 is 12.3 Å². The van der Waals surface area contributed by atoms with Gasteiger partial charge in [0.1, 0.15) is 18.8 Å². The fraction of sp³-hybridized carbons (Fsp3) is 0.652. The van der Waals surface area contributed by atoms with Gasteiger partial charge in [0.15, 0.2) is 11.5 Å². The van der Waals surface area contributed by atoms with E-state index in [0.29, 0.717) is 18.9 Å². The molecule has 2 aliphatic rings. The van der Waals surface area contributed by atoms with Crippen molar-refractivity contribution in [2.24, 2.45) is 0 Å². The maximum Gasteiger partial charge on any atom is 0.313 e. The molecular weight excluding hydrogens is 386 g/mol. The number of carbonyl (C=O) groups is 2. The molecule has 0 N–H and O–H groups in total. The highest BCUT2D eigenvalue weighted by molar-refractivity contribution is 5.83. The van der Waals surface area contributed by atoms with E-state index in [1.807, 2.05) is 18.2 Å². The minimum atomic E-state index is -0.428. The van der Waals surface area contributed by atoms with Crippen LogP contribution in [0, 0.1) is 0 Å². The number of carbonyl (C=O) groups excluding carboxylic acids is 2. The lowest BCUT2D eigenvalue weighted by atomic mass is 9.91. The molecule has 0 radical (unpaired) electrons. The van der Waals surface area contributed by atoms with Crippen LogP contribution in [-0.4, -0.2) is 69.3 Å². The van der Waals surface area contributed by atoms with Gasteiger partial charge in [0.2, 0.25) is 0 Å². The van der Waals surface area contributed by atoms with Crippen LogP contribution in [0.25, 0.3) is 0 Å². The molecule has 0 spiro atoms. The third-order valence-electron chi connectivity index (χ3n) is 6.03. The minimum absolute atomic E-state index is 0.119. The fourth-order valence-electron chi connectivity index (χ4n) is 4.51. The molecule has 3 atom stereocenters. The highest BCUT2D eigenvalue weighted by atomic mass is 16.5. The van der Waals surface area contributed by atoms with E-state index in [4.69, 9.17) is 18.9 Å². The minimum Gasteiger partial charge on any atom is -0.493 e. The van der Waals surface area contributed by atoms with Gasteiger partial charge in [-0.2, -0.15) is 0 Å². The summed E-state index contributed by atoms with van der Waals surface area (Å²) in [6.07, 6.45) is 6.69. The fourth-order valence-corrected chi connectivity index (χ4v) is 4.51. The molecule has 1 heterocycles. The third-order valence-corrected chi connectivity index (χ3v) is 6.03. The Balaban J connectivity index is 1.50. The zero-order chi connectivity index (χ0) is 21.3. The Hall–Kier alpha value is -2.12. The topological polar surface area (TPSA) is 74.3 Å². The van der Waals surface area contributed by atoms with Gasteiger partial charge < -0.3 is 23.7 Å². The van der Waals surface area contributed by atoms with Crippen LogP contribution >= 0.6 is 0 Å². The van der Waals surface area contributed by atoms with Crippen LogP contribution < -0.4 is 9.47 Å². The lowest BCUT2D eigenvalue weighted by Gasteiger charge is -2.37. The monoisotopic (exact) mass is 419 g/mol. The van der Waals surface area contributed by atoms with Crippen molar-refractivity contribution in [3.8, 4) is 11.5 Å². The first kappa shape index (κ1) is 22.6. The standard InChI is InChI=1S/C23H33NO6/c1-27-21-8-7-17(15-22(21)28-2)11-14-29-20-6-4-3-5-19(20)24-12-9-18(16-24)30-23(26)10-13-25/h7-8,13,15,18-20H,3-6,9-12,14,16H2,1-2H3/t18-,19-,20-/m1/s1. The maximum absolute atomic E-state index is 11.6. The molecular formula is C23H33NO6. The van der Waals surface area contributed by atoms with Crippen LogP contribution in [0.5, 0.6) is 11.5 Å². The van der Waals surface area contributed by atoms with Crippen molar-refractivity contribution in [1.29, 1.82) is 0 Å². The van der Waals surface area contributed by atoms with Gasteiger partial charge in [0.05, 0.1) is 26.9 Å². The summed E-state index contributed by atoms with van der Waals surface area (Å²) >= 11 is 0. The number of benzene rings is 1. The second kappa shape index (κ2) is 11.3. The Labute approximate surface area is 178 Å². The highest BCUT2D eigenvalue weighted by Crippen LogP contribution is 2.30. The molecule has 2 fully saturated rings. The molecule has 1 aliphatic carbocycles. The molecule has 1 aliphatic heterocycles. The van der Waals surface area contributed by atoms with Gasteiger partial charge in [0, 0.05) is 19.1 Å². The van der Waals surface area contributed by atoms with Crippen molar-refractivity contribution < 1.29 is 28.5 Å². The van der Waals surface area contributed by atoms with Crippen LogP contribution in [-0.2, 0) is 25.5 Å². The SMILES string of the molecule is COc1ccc(CCO[C@@H]2CCCC[C@H]2N2CC[C@@H](OC(=O)CC=O)C2)cc1OC. The van der Waals surface area contributed by atoms with Gasteiger partial charge in [-0.3, -0.25) is 9.69 Å². The van der Waals surface area contributed by atoms with Gasteiger partial charge in [-0.1, -0.05) is 18.9 Å². The quantitative estimate of drug-likeness (QED) is 0.328. The second-order valence-corrected chi connectivity index (χ2v) is 7.97. The Morgan fingerprint density at radius 1 is 1.13 bits per heavy atom. The largest absolute Gasteiger partial charge is 0.493 e. The van der Waals surface area contributed by atoms with E-state index in [-0.39, 0.29) is 18.6 Å². The van der Waals surface area contributed by atoms with E-state index in [2.05, 4.69) is 4.90 Å². The summed E-state index contributed by atoms with van der Waals surface area (Å²) in [5, 5.41) is 0. The molecule has 30 heavy (non-hydrogen) atoms. The first-order valence-electron chi connectivity index (χ1n) is 10.8. The van der Waals surface area contributed by atoms with Crippen molar-refractivity contribution in [2.45, 2.75) is 63.2 Å². The van der Waals surface area contributed by atoms with Gasteiger partial charge in [-0.15, -0.1) is 0 Å². The predicted octanol–water partition coefficient (Wildman–Crippen LogP) is 2.78. The molecule has 166 valence electrons. The van der Waals surface area contributed by atoms with Crippen LogP contribution in [0.2, 0.25) is 0 Å². The predicted molar refractivity (Wildman–Crippen MR) is 112 cm³/mol. The zero-order valence-corrected chi connectivity index (χ0v) is 18.0. The molecule has 3 rings (SSSR count). The van der Waals surface area contributed by atoms with Crippen LogP contribution in [0.3, 0.4) is 0 Å². The highest BCUT2D eigenvalue weighted by Gasteiger charge is 2.36. The molecule has 7 nitrogen and oxygen atoms in total. The molecule has 1 saturated heterocycles. The molecule has 0 unspecified atom stereocenters. The number of esters is 1. The lowest BCUT2D eigenvalue weighted by Crippen LogP contribution is -2.46. The van der Waals surface area contributed by atoms with Gasteiger partial charge in [-0.25, -0.2) is 0 Å². The number of methoxy groups -OCH3 is 2. The molecule has 1 aromatic rings. The maximum atomic E-state index is 11.6. The second-order valence-electron chi connectivity index (χ2n) is 7.97. The molecule has 1 saturated carbocycles. The summed E-state index contributed by atoms with van der Waals surface area (Å²) in [4.78, 5) is 24.5. The van der Waals surface area contributed by atoms with E-state index >= 15 is 0 Å². The number of rotatable bonds is 10. The summed E-state index contributed by atoms with van der Waals surface area (Å²) < 4.78 is 22.4. The number of likely N-dealkylation sites (tertiary alicyclic amines) is 1. The molecule has 1 aromatic carbocycles. The van der Waals surface area contributed by atoms with E-state index < -0.39 is 5.97 Å². The summed E-state index contributed by atoms with van der Waals surface area (Å²) in [5.41, 5.74) is 1.16. The van der Waals surface area contributed by atoms with E-state index in [1.165, 1.54) is 12.8 Å². The van der Waals surface area contributed by atoms with E-state index in [9.17, 15) is 9.59 Å². The zero-order valence-electron chi connectivity index (χ0n) is 18.0. The van der Waals surface area contributed by atoms with Crippen LogP contribution in [0.4, 0.5) is 0 Å². The normalized spacial score (nSPS) is 24.4.